The van der Waals surface area contributed by atoms with E-state index in [2.05, 4.69) is 29.1 Å². The second-order valence-corrected chi connectivity index (χ2v) is 8.79. The second kappa shape index (κ2) is 7.89. The summed E-state index contributed by atoms with van der Waals surface area (Å²) in [6, 6.07) is 0. The molecule has 1 amide bonds. The quantitative estimate of drug-likeness (QED) is 0.773. The van der Waals surface area contributed by atoms with Crippen LogP contribution in [0.25, 0.3) is 0 Å². The maximum absolute atomic E-state index is 12.9. The van der Waals surface area contributed by atoms with E-state index in [-0.39, 0.29) is 17.4 Å². The Bertz CT molecular complexity index is 844. The molecule has 158 valence electrons. The Morgan fingerprint density at radius 3 is 2.59 bits per heavy atom. The Balaban J connectivity index is 1.36. The van der Waals surface area contributed by atoms with E-state index in [1.54, 1.807) is 6.92 Å². The summed E-state index contributed by atoms with van der Waals surface area (Å²) in [5.74, 6) is 2.82. The van der Waals surface area contributed by atoms with E-state index in [0.717, 1.165) is 44.5 Å². The first-order chi connectivity index (χ1) is 13.9. The first-order valence-electron chi connectivity index (χ1n) is 10.6. The van der Waals surface area contributed by atoms with Gasteiger partial charge in [-0.2, -0.15) is 4.98 Å². The normalized spacial score (nSPS) is 21.8. The monoisotopic (exact) mass is 402 g/mol. The van der Waals surface area contributed by atoms with E-state index in [4.69, 9.17) is 13.8 Å². The average Bonchev–Trinajstić information content (AvgIpc) is 3.29. The molecule has 8 nitrogen and oxygen atoms in total. The Morgan fingerprint density at radius 2 is 1.97 bits per heavy atom. The van der Waals surface area contributed by atoms with Crippen molar-refractivity contribution in [3.05, 3.63) is 28.7 Å². The molecule has 2 aromatic heterocycles. The molecule has 8 heteroatoms. The van der Waals surface area contributed by atoms with Crippen LogP contribution < -0.4 is 0 Å². The highest BCUT2D eigenvalue weighted by atomic mass is 16.5. The van der Waals surface area contributed by atoms with Crippen LogP contribution in [0.3, 0.4) is 0 Å². The molecule has 2 fully saturated rings. The molecule has 0 aromatic carbocycles. The van der Waals surface area contributed by atoms with Gasteiger partial charge in [-0.15, -0.1) is 0 Å². The number of rotatable bonds is 4. The number of likely N-dealkylation sites (tertiary alicyclic amines) is 1. The number of ether oxygens (including phenoxy) is 1. The van der Waals surface area contributed by atoms with E-state index < -0.39 is 0 Å². The molecule has 2 aliphatic heterocycles. The lowest BCUT2D eigenvalue weighted by Crippen LogP contribution is -2.51. The molecular weight excluding hydrogens is 372 g/mol. The number of nitrogens with zero attached hydrogens (tertiary/aromatic N) is 4. The number of piperidine rings is 1. The molecule has 4 heterocycles. The molecule has 0 bridgehead atoms. The molecule has 0 aliphatic carbocycles. The van der Waals surface area contributed by atoms with Crippen molar-refractivity contribution < 1.29 is 18.6 Å². The van der Waals surface area contributed by atoms with Crippen LogP contribution in [0.2, 0.25) is 0 Å². The SMILES string of the molecule is Cc1noc(C)c1C(=O)N1CCC2(CC1)CC(Cc1noc(C(C)C)n1)CCO2. The number of amides is 1. The standard InChI is InChI=1S/C21H30N4O4/c1-13(2)19-22-17(24-29-19)11-16-5-10-27-21(12-16)6-8-25(9-7-21)20(26)18-14(3)23-28-15(18)4/h13,16H,5-12H2,1-4H3. The zero-order valence-corrected chi connectivity index (χ0v) is 17.7. The van der Waals surface area contributed by atoms with E-state index in [1.807, 2.05) is 11.8 Å². The van der Waals surface area contributed by atoms with Gasteiger partial charge >= 0.3 is 0 Å². The number of carbonyl (C=O) groups is 1. The Labute approximate surface area is 171 Å². The first kappa shape index (κ1) is 20.1. The highest BCUT2D eigenvalue weighted by Gasteiger charge is 2.42. The van der Waals surface area contributed by atoms with Crippen LogP contribution >= 0.6 is 0 Å². The van der Waals surface area contributed by atoms with Crippen molar-refractivity contribution in [3.8, 4) is 0 Å². The smallest absolute Gasteiger partial charge is 0.259 e. The maximum Gasteiger partial charge on any atom is 0.259 e. The van der Waals surface area contributed by atoms with E-state index in [0.29, 0.717) is 41.9 Å². The van der Waals surface area contributed by atoms with Crippen LogP contribution in [0.1, 0.15) is 79.0 Å². The lowest BCUT2D eigenvalue weighted by Gasteiger charge is -2.46. The highest BCUT2D eigenvalue weighted by Crippen LogP contribution is 2.39. The van der Waals surface area contributed by atoms with Crippen molar-refractivity contribution in [1.29, 1.82) is 0 Å². The Kier molecular flexibility index (Phi) is 5.46. The van der Waals surface area contributed by atoms with Crippen LogP contribution in [-0.2, 0) is 11.2 Å². The average molecular weight is 402 g/mol. The van der Waals surface area contributed by atoms with Gasteiger partial charge in [-0.3, -0.25) is 4.79 Å². The molecule has 0 N–H and O–H groups in total. The van der Waals surface area contributed by atoms with E-state index in [1.165, 1.54) is 0 Å². The van der Waals surface area contributed by atoms with Crippen molar-refractivity contribution in [2.24, 2.45) is 5.92 Å². The third kappa shape index (κ3) is 4.08. The van der Waals surface area contributed by atoms with Crippen molar-refractivity contribution >= 4 is 5.91 Å². The van der Waals surface area contributed by atoms with Crippen LogP contribution in [0.5, 0.6) is 0 Å². The summed E-state index contributed by atoms with van der Waals surface area (Å²) in [6.07, 6.45) is 4.51. The van der Waals surface area contributed by atoms with Crippen molar-refractivity contribution in [2.45, 2.75) is 71.3 Å². The zero-order valence-electron chi connectivity index (χ0n) is 17.7. The Hall–Kier alpha value is -2.22. The first-order valence-corrected chi connectivity index (χ1v) is 10.6. The molecule has 1 atom stereocenters. The highest BCUT2D eigenvalue weighted by molar-refractivity contribution is 5.96. The van der Waals surface area contributed by atoms with Crippen LogP contribution in [0.15, 0.2) is 9.05 Å². The van der Waals surface area contributed by atoms with Gasteiger partial charge < -0.3 is 18.7 Å². The third-order valence-electron chi connectivity index (χ3n) is 6.25. The molecule has 1 unspecified atom stereocenters. The molecule has 2 saturated heterocycles. The van der Waals surface area contributed by atoms with Gasteiger partial charge in [0.25, 0.3) is 5.91 Å². The van der Waals surface area contributed by atoms with Crippen molar-refractivity contribution in [3.63, 3.8) is 0 Å². The zero-order chi connectivity index (χ0) is 20.6. The minimum atomic E-state index is -0.150. The third-order valence-corrected chi connectivity index (χ3v) is 6.25. The van der Waals surface area contributed by atoms with Gasteiger partial charge in [-0.05, 0) is 45.4 Å². The number of aryl methyl sites for hydroxylation is 2. The maximum atomic E-state index is 12.9. The number of hydrogen-bond donors (Lipinski definition) is 0. The second-order valence-electron chi connectivity index (χ2n) is 8.79. The van der Waals surface area contributed by atoms with Gasteiger partial charge in [-0.1, -0.05) is 24.2 Å². The van der Waals surface area contributed by atoms with Gasteiger partial charge in [0, 0.05) is 32.0 Å². The molecule has 4 rings (SSSR count). The largest absolute Gasteiger partial charge is 0.375 e. The van der Waals surface area contributed by atoms with Gasteiger partial charge in [0.1, 0.15) is 11.3 Å². The molecular formula is C21H30N4O4. The molecule has 2 aliphatic rings. The fraction of sp³-hybridized carbons (Fsp3) is 0.714. The minimum absolute atomic E-state index is 0.0106. The summed E-state index contributed by atoms with van der Waals surface area (Å²) in [7, 11) is 0. The van der Waals surface area contributed by atoms with Crippen LogP contribution in [0.4, 0.5) is 0 Å². The summed E-state index contributed by atoms with van der Waals surface area (Å²) in [4.78, 5) is 19.3. The Morgan fingerprint density at radius 1 is 1.21 bits per heavy atom. The van der Waals surface area contributed by atoms with Crippen LogP contribution in [-0.4, -0.2) is 51.4 Å². The van der Waals surface area contributed by atoms with E-state index in [9.17, 15) is 4.79 Å². The minimum Gasteiger partial charge on any atom is -0.375 e. The summed E-state index contributed by atoms with van der Waals surface area (Å²) in [5.41, 5.74) is 1.10. The summed E-state index contributed by atoms with van der Waals surface area (Å²) in [6.45, 7) is 9.83. The molecule has 1 spiro atoms. The number of hydrogen-bond acceptors (Lipinski definition) is 7. The predicted molar refractivity (Wildman–Crippen MR) is 105 cm³/mol. The van der Waals surface area contributed by atoms with Crippen molar-refractivity contribution in [1.82, 2.24) is 20.2 Å². The topological polar surface area (TPSA) is 94.5 Å². The molecule has 29 heavy (non-hydrogen) atoms. The van der Waals surface area contributed by atoms with Gasteiger partial charge in [0.05, 0.1) is 11.3 Å². The lowest BCUT2D eigenvalue weighted by molar-refractivity contribution is -0.123. The molecule has 0 saturated carbocycles. The van der Waals surface area contributed by atoms with Crippen molar-refractivity contribution in [2.75, 3.05) is 19.7 Å². The van der Waals surface area contributed by atoms with Gasteiger partial charge in [-0.25, -0.2) is 0 Å². The van der Waals surface area contributed by atoms with E-state index >= 15 is 0 Å². The van der Waals surface area contributed by atoms with Gasteiger partial charge in [0.15, 0.2) is 5.82 Å². The summed E-state index contributed by atoms with van der Waals surface area (Å²) >= 11 is 0. The fourth-order valence-corrected chi connectivity index (χ4v) is 4.56. The molecule has 2 aromatic rings. The summed E-state index contributed by atoms with van der Waals surface area (Å²) in [5, 5.41) is 8.06. The molecule has 0 radical (unpaired) electrons. The van der Waals surface area contributed by atoms with Crippen LogP contribution in [0, 0.1) is 19.8 Å². The van der Waals surface area contributed by atoms with Gasteiger partial charge in [0.2, 0.25) is 5.89 Å². The number of carbonyl (C=O) groups excluding carboxylic acids is 1. The lowest BCUT2D eigenvalue weighted by atomic mass is 9.78. The number of aromatic nitrogens is 3. The summed E-state index contributed by atoms with van der Waals surface area (Å²) < 4.78 is 16.8. The predicted octanol–water partition coefficient (Wildman–Crippen LogP) is 3.44. The fourth-order valence-electron chi connectivity index (χ4n) is 4.56.